The lowest BCUT2D eigenvalue weighted by molar-refractivity contribution is -0.434. The Morgan fingerprint density at radius 2 is 1.07 bits per heavy atom. The summed E-state index contributed by atoms with van der Waals surface area (Å²) in [6, 6.07) is 61.2. The molecule has 0 atom stereocenters. The predicted molar refractivity (Wildman–Crippen MR) is 242 cm³/mol. The highest BCUT2D eigenvalue weighted by atomic mass is 32.1. The standard InChI is InChI=1S/C52H43N4S/c1-4-54(42-23-13-7-14-24-42)44-35-31-40(32-36-44)48(41-33-37-45(38-34-41)55(5-2)43-25-15-8-16-26-43)51-49(39-21-11-6-12-22-39)50(53-3)52(57-51)56(46-27-17-9-18-28-46)47-29-19-10-20-30-47/h6-38H,4-5H2,1-2H3/q+1. The molecule has 0 saturated heterocycles. The molecule has 6 aromatic carbocycles. The van der Waals surface area contributed by atoms with Crippen LogP contribution >= 0.6 is 11.3 Å². The fourth-order valence-electron chi connectivity index (χ4n) is 7.54. The second-order valence-electron chi connectivity index (χ2n) is 13.6. The molecule has 0 spiro atoms. The minimum atomic E-state index is 0.627. The van der Waals surface area contributed by atoms with Gasteiger partial charge < -0.3 is 9.80 Å². The Hall–Kier alpha value is -7.00. The average molecular weight is 756 g/mol. The summed E-state index contributed by atoms with van der Waals surface area (Å²) in [7, 11) is 0. The fourth-order valence-corrected chi connectivity index (χ4v) is 8.94. The molecule has 1 aromatic heterocycles. The largest absolute Gasteiger partial charge is 0.342 e. The first-order chi connectivity index (χ1) is 28.2. The molecule has 0 saturated carbocycles. The number of rotatable bonds is 11. The van der Waals surface area contributed by atoms with Gasteiger partial charge in [0.05, 0.1) is 6.57 Å². The topological polar surface area (TPSA) is 13.8 Å². The molecule has 0 bridgehead atoms. The van der Waals surface area contributed by atoms with E-state index in [-0.39, 0.29) is 0 Å². The Labute approximate surface area is 340 Å². The third kappa shape index (κ3) is 7.64. The molecule has 4 nitrogen and oxygen atoms in total. The smallest absolute Gasteiger partial charge is 0.229 e. The molecule has 0 amide bonds. The van der Waals surface area contributed by atoms with Crippen LogP contribution in [0, 0.1) is 6.57 Å². The van der Waals surface area contributed by atoms with Crippen LogP contribution in [0.15, 0.2) is 206 Å². The predicted octanol–water partition coefficient (Wildman–Crippen LogP) is 14.3. The van der Waals surface area contributed by atoms with Gasteiger partial charge in [0, 0.05) is 69.6 Å². The Morgan fingerprint density at radius 1 is 0.579 bits per heavy atom. The molecule has 0 radical (unpaired) electrons. The van der Waals surface area contributed by atoms with Gasteiger partial charge >= 0.3 is 0 Å². The Bertz CT molecular complexity index is 2560. The number of thiophene rings is 1. The van der Waals surface area contributed by atoms with E-state index < -0.39 is 0 Å². The lowest BCUT2D eigenvalue weighted by Gasteiger charge is -2.24. The van der Waals surface area contributed by atoms with Crippen LogP contribution in [-0.2, 0) is 0 Å². The number of allylic oxidation sites excluding steroid dienone is 5. The van der Waals surface area contributed by atoms with E-state index in [4.69, 9.17) is 6.57 Å². The number of hydrogen-bond acceptors (Lipinski definition) is 3. The zero-order chi connectivity index (χ0) is 39.0. The zero-order valence-electron chi connectivity index (χ0n) is 32.2. The minimum Gasteiger partial charge on any atom is -0.342 e. The van der Waals surface area contributed by atoms with Gasteiger partial charge in [0.15, 0.2) is 0 Å². The van der Waals surface area contributed by atoms with Gasteiger partial charge in [0.2, 0.25) is 17.1 Å². The van der Waals surface area contributed by atoms with Crippen LogP contribution in [0.2, 0.25) is 0 Å². The van der Waals surface area contributed by atoms with E-state index in [0.29, 0.717) is 5.69 Å². The monoisotopic (exact) mass is 755 g/mol. The van der Waals surface area contributed by atoms with Crippen molar-refractivity contribution in [2.75, 3.05) is 22.9 Å². The quantitative estimate of drug-likeness (QED) is 0.0964. The van der Waals surface area contributed by atoms with Crippen molar-refractivity contribution < 1.29 is 4.58 Å². The first-order valence-corrected chi connectivity index (χ1v) is 20.2. The van der Waals surface area contributed by atoms with Gasteiger partial charge in [-0.3, -0.25) is 0 Å². The van der Waals surface area contributed by atoms with Crippen LogP contribution in [0.25, 0.3) is 21.5 Å². The van der Waals surface area contributed by atoms with Crippen LogP contribution in [0.3, 0.4) is 0 Å². The van der Waals surface area contributed by atoms with E-state index in [2.05, 4.69) is 215 Å². The summed E-state index contributed by atoms with van der Waals surface area (Å²) in [6.45, 7) is 14.8. The van der Waals surface area contributed by atoms with Gasteiger partial charge in [0.25, 0.3) is 0 Å². The Balaban J connectivity index is 1.38. The van der Waals surface area contributed by atoms with E-state index in [1.807, 2.05) is 18.2 Å². The van der Waals surface area contributed by atoms with E-state index in [1.54, 1.807) is 11.3 Å². The van der Waals surface area contributed by atoms with Gasteiger partial charge in [-0.15, -0.1) is 11.3 Å². The van der Waals surface area contributed by atoms with Crippen molar-refractivity contribution in [3.63, 3.8) is 0 Å². The Morgan fingerprint density at radius 3 is 1.58 bits per heavy atom. The summed E-state index contributed by atoms with van der Waals surface area (Å²) >= 11 is 1.68. The normalized spacial score (nSPS) is 11.9. The van der Waals surface area contributed by atoms with Gasteiger partial charge in [-0.2, -0.15) is 4.58 Å². The van der Waals surface area contributed by atoms with Gasteiger partial charge in [-0.05, 0) is 91.2 Å². The summed E-state index contributed by atoms with van der Waals surface area (Å²) < 4.78 is 2.33. The van der Waals surface area contributed by atoms with E-state index >= 15 is 0 Å². The molecule has 5 heteroatoms. The summed E-state index contributed by atoms with van der Waals surface area (Å²) in [5, 5.41) is 0.879. The van der Waals surface area contributed by atoms with Crippen LogP contribution < -0.4 is 9.80 Å². The fraction of sp³-hybridized carbons (Fsp3) is 0.0769. The van der Waals surface area contributed by atoms with Crippen molar-refractivity contribution in [1.82, 2.24) is 0 Å². The highest BCUT2D eigenvalue weighted by Crippen LogP contribution is 2.55. The first-order valence-electron chi connectivity index (χ1n) is 19.4. The van der Waals surface area contributed by atoms with Crippen LogP contribution in [-0.4, -0.2) is 23.4 Å². The third-order valence-corrected chi connectivity index (χ3v) is 11.4. The molecule has 0 N–H and O–H groups in total. The molecule has 0 aliphatic heterocycles. The maximum Gasteiger partial charge on any atom is 0.229 e. The first kappa shape index (κ1) is 36.9. The number of anilines is 5. The molecule has 0 fully saturated rings. The number of hydrogen-bond donors (Lipinski definition) is 0. The lowest BCUT2D eigenvalue weighted by Crippen LogP contribution is -2.15. The van der Waals surface area contributed by atoms with Crippen molar-refractivity contribution in [1.29, 1.82) is 0 Å². The number of benzene rings is 6. The van der Waals surface area contributed by atoms with Crippen molar-refractivity contribution in [3.05, 3.63) is 228 Å². The summed E-state index contributed by atoms with van der Waals surface area (Å²) in [6.07, 6.45) is 8.93. The summed E-state index contributed by atoms with van der Waals surface area (Å²) in [5.74, 6) is 0. The lowest BCUT2D eigenvalue weighted by atomic mass is 9.91. The SMILES string of the molecule is [C-]#[N+]c1c(N(c2ccccc2)c2ccccc2)sc(C(=C2C=CC(=[N+](CC)c3ccccc3)C=C2)c2ccc(N(CC)c3ccccc3)cc2)c1-c1ccccc1. The highest BCUT2D eigenvalue weighted by molar-refractivity contribution is 7.18. The Kier molecular flexibility index (Phi) is 11.2. The van der Waals surface area contributed by atoms with Gasteiger partial charge in [-0.1, -0.05) is 115 Å². The van der Waals surface area contributed by atoms with Gasteiger partial charge in [-0.25, -0.2) is 4.85 Å². The van der Waals surface area contributed by atoms with Crippen molar-refractivity contribution in [2.24, 2.45) is 0 Å². The number of para-hydroxylation sites is 4. The molecule has 1 heterocycles. The summed E-state index contributed by atoms with van der Waals surface area (Å²) in [5.41, 5.74) is 12.4. The number of nitrogens with zero attached hydrogens (tertiary/aromatic N) is 4. The highest BCUT2D eigenvalue weighted by Gasteiger charge is 2.29. The van der Waals surface area contributed by atoms with Crippen LogP contribution in [0.5, 0.6) is 0 Å². The van der Waals surface area contributed by atoms with Crippen LogP contribution in [0.1, 0.15) is 24.3 Å². The van der Waals surface area contributed by atoms with Crippen molar-refractivity contribution in [3.8, 4) is 11.1 Å². The van der Waals surface area contributed by atoms with Crippen LogP contribution in [0.4, 0.5) is 39.1 Å². The molecular formula is C52H43N4S+. The van der Waals surface area contributed by atoms with Crippen molar-refractivity contribution in [2.45, 2.75) is 13.8 Å². The second-order valence-corrected chi connectivity index (χ2v) is 14.6. The molecule has 8 rings (SSSR count). The van der Waals surface area contributed by atoms with E-state index in [9.17, 15) is 0 Å². The minimum absolute atomic E-state index is 0.627. The summed E-state index contributed by atoms with van der Waals surface area (Å²) in [4.78, 5) is 9.97. The van der Waals surface area contributed by atoms with E-state index in [1.165, 1.54) is 0 Å². The average Bonchev–Trinajstić information content (AvgIpc) is 3.65. The second kappa shape index (κ2) is 17.2. The maximum absolute atomic E-state index is 8.80. The van der Waals surface area contributed by atoms with Crippen molar-refractivity contribution >= 4 is 61.7 Å². The molecule has 276 valence electrons. The molecule has 0 unspecified atom stereocenters. The molecule has 1 aliphatic carbocycles. The van der Waals surface area contributed by atoms with Gasteiger partial charge in [0.1, 0.15) is 11.5 Å². The molecule has 1 aliphatic rings. The third-order valence-electron chi connectivity index (χ3n) is 10.2. The molecule has 57 heavy (non-hydrogen) atoms. The zero-order valence-corrected chi connectivity index (χ0v) is 33.0. The van der Waals surface area contributed by atoms with E-state index in [0.717, 1.165) is 85.0 Å². The maximum atomic E-state index is 8.80. The molecule has 7 aromatic rings. The molecular weight excluding hydrogens is 713 g/mol.